The summed E-state index contributed by atoms with van der Waals surface area (Å²) in [5.41, 5.74) is -2.19. The van der Waals surface area contributed by atoms with Crippen molar-refractivity contribution in [2.24, 2.45) is 5.41 Å². The van der Waals surface area contributed by atoms with Gasteiger partial charge >= 0.3 is 6.18 Å². The number of rotatable bonds is 3. The number of halogens is 4. The topological polar surface area (TPSA) is 49.4 Å². The molecule has 136 valence electrons. The molecule has 0 unspecified atom stereocenters. The number of hydrogen-bond acceptors (Lipinski definition) is 2. The molecule has 1 N–H and O–H groups in total. The summed E-state index contributed by atoms with van der Waals surface area (Å²) in [5.74, 6) is -0.808. The van der Waals surface area contributed by atoms with Crippen molar-refractivity contribution in [1.82, 2.24) is 4.90 Å². The highest BCUT2D eigenvalue weighted by Crippen LogP contribution is 2.49. The van der Waals surface area contributed by atoms with E-state index in [1.807, 2.05) is 0 Å². The maximum atomic E-state index is 12.8. The molecule has 1 saturated carbocycles. The highest BCUT2D eigenvalue weighted by Gasteiger charge is 2.58. The van der Waals surface area contributed by atoms with Crippen LogP contribution in [0.5, 0.6) is 0 Å². The van der Waals surface area contributed by atoms with Crippen LogP contribution in [0.15, 0.2) is 18.2 Å². The first kappa shape index (κ1) is 18.0. The number of likely N-dealkylation sites (tertiary alicyclic amines) is 1. The van der Waals surface area contributed by atoms with Crippen molar-refractivity contribution in [1.29, 1.82) is 0 Å². The molecular formula is C17H18ClF3N2O2. The smallest absolute Gasteiger partial charge is 0.342 e. The van der Waals surface area contributed by atoms with Gasteiger partial charge in [-0.3, -0.25) is 9.59 Å². The number of anilines is 1. The Kier molecular flexibility index (Phi) is 4.70. The Morgan fingerprint density at radius 3 is 2.32 bits per heavy atom. The molecule has 1 aliphatic heterocycles. The molecule has 2 fully saturated rings. The molecule has 2 amide bonds. The van der Waals surface area contributed by atoms with Crippen LogP contribution < -0.4 is 5.32 Å². The van der Waals surface area contributed by atoms with Crippen molar-refractivity contribution in [3.8, 4) is 0 Å². The Morgan fingerprint density at radius 1 is 1.12 bits per heavy atom. The summed E-state index contributed by atoms with van der Waals surface area (Å²) in [4.78, 5) is 27.0. The fourth-order valence-electron chi connectivity index (χ4n) is 3.10. The van der Waals surface area contributed by atoms with Crippen molar-refractivity contribution >= 4 is 29.1 Å². The van der Waals surface area contributed by atoms with Crippen molar-refractivity contribution in [3.05, 3.63) is 28.8 Å². The van der Waals surface area contributed by atoms with E-state index in [0.29, 0.717) is 25.9 Å². The number of piperidine rings is 1. The van der Waals surface area contributed by atoms with E-state index in [1.54, 1.807) is 4.90 Å². The molecule has 8 heteroatoms. The first-order valence-electron chi connectivity index (χ1n) is 8.22. The largest absolute Gasteiger partial charge is 0.416 e. The number of nitrogens with one attached hydrogen (secondary N) is 1. The molecule has 2 aliphatic rings. The molecule has 0 spiro atoms. The van der Waals surface area contributed by atoms with Crippen LogP contribution in [0, 0.1) is 5.41 Å². The Balaban J connectivity index is 1.77. The van der Waals surface area contributed by atoms with Crippen molar-refractivity contribution in [3.63, 3.8) is 0 Å². The second kappa shape index (κ2) is 6.52. The van der Waals surface area contributed by atoms with Gasteiger partial charge in [0.2, 0.25) is 11.8 Å². The lowest BCUT2D eigenvalue weighted by molar-refractivity contribution is -0.143. The van der Waals surface area contributed by atoms with Crippen molar-refractivity contribution < 1.29 is 22.8 Å². The Bertz CT molecular complexity index is 696. The lowest BCUT2D eigenvalue weighted by atomic mass is 10.0. The molecule has 25 heavy (non-hydrogen) atoms. The third-order valence-electron chi connectivity index (χ3n) is 4.78. The quantitative estimate of drug-likeness (QED) is 0.810. The first-order chi connectivity index (χ1) is 11.7. The summed E-state index contributed by atoms with van der Waals surface area (Å²) >= 11 is 5.91. The van der Waals surface area contributed by atoms with E-state index < -0.39 is 23.1 Å². The molecule has 3 rings (SSSR count). The van der Waals surface area contributed by atoms with Crippen LogP contribution in [0.1, 0.15) is 37.7 Å². The molecule has 0 atom stereocenters. The molecule has 0 radical (unpaired) electrons. The number of hydrogen-bond donors (Lipinski definition) is 1. The van der Waals surface area contributed by atoms with E-state index in [9.17, 15) is 22.8 Å². The first-order valence-corrected chi connectivity index (χ1v) is 8.59. The van der Waals surface area contributed by atoms with Crippen LogP contribution in [0.2, 0.25) is 5.02 Å². The normalized spacial score (nSPS) is 19.4. The average Bonchev–Trinajstić information content (AvgIpc) is 3.38. The van der Waals surface area contributed by atoms with Gasteiger partial charge in [-0.1, -0.05) is 11.6 Å². The van der Waals surface area contributed by atoms with Gasteiger partial charge in [0.15, 0.2) is 0 Å². The minimum absolute atomic E-state index is 0.00238. The van der Waals surface area contributed by atoms with E-state index in [1.165, 1.54) is 0 Å². The fourth-order valence-corrected chi connectivity index (χ4v) is 3.27. The molecule has 1 aromatic rings. The SMILES string of the molecule is O=C(Nc1cc(C(F)(F)F)ccc1Cl)C1(C(=O)N2CCCCC2)CC1. The van der Waals surface area contributed by atoms with E-state index in [4.69, 9.17) is 11.6 Å². The van der Waals surface area contributed by atoms with Crippen molar-refractivity contribution in [2.75, 3.05) is 18.4 Å². The molecule has 4 nitrogen and oxygen atoms in total. The lowest BCUT2D eigenvalue weighted by Crippen LogP contribution is -2.45. The standard InChI is InChI=1S/C17H18ClF3N2O2/c18-12-5-4-11(17(19,20)21)10-13(12)22-14(24)16(6-7-16)15(25)23-8-2-1-3-9-23/h4-5,10H,1-3,6-9H2,(H,22,24). The van der Waals surface area contributed by atoms with Crippen LogP contribution in [-0.4, -0.2) is 29.8 Å². The van der Waals surface area contributed by atoms with Gasteiger partial charge in [-0.15, -0.1) is 0 Å². The monoisotopic (exact) mass is 374 g/mol. The minimum Gasteiger partial charge on any atom is -0.342 e. The number of nitrogens with zero attached hydrogens (tertiary/aromatic N) is 1. The lowest BCUT2D eigenvalue weighted by Gasteiger charge is -2.30. The Morgan fingerprint density at radius 2 is 1.76 bits per heavy atom. The van der Waals surface area contributed by atoms with E-state index >= 15 is 0 Å². The number of alkyl halides is 3. The van der Waals surface area contributed by atoms with Gasteiger partial charge in [0.1, 0.15) is 5.41 Å². The van der Waals surface area contributed by atoms with Gasteiger partial charge < -0.3 is 10.2 Å². The Labute approximate surface area is 148 Å². The zero-order chi connectivity index (χ0) is 18.2. The molecule has 1 aromatic carbocycles. The van der Waals surface area contributed by atoms with Crippen LogP contribution in [0.4, 0.5) is 18.9 Å². The summed E-state index contributed by atoms with van der Waals surface area (Å²) in [7, 11) is 0. The van der Waals surface area contributed by atoms with E-state index in [-0.39, 0.29) is 16.6 Å². The van der Waals surface area contributed by atoms with Gasteiger partial charge in [-0.2, -0.15) is 13.2 Å². The third kappa shape index (κ3) is 3.61. The minimum atomic E-state index is -4.54. The highest BCUT2D eigenvalue weighted by atomic mass is 35.5. The van der Waals surface area contributed by atoms with Crippen LogP contribution in [-0.2, 0) is 15.8 Å². The fraction of sp³-hybridized carbons (Fsp3) is 0.529. The summed E-state index contributed by atoms with van der Waals surface area (Å²) in [6.45, 7) is 1.25. The molecule has 0 aromatic heterocycles. The molecule has 1 saturated heterocycles. The van der Waals surface area contributed by atoms with Gasteiger partial charge in [-0.05, 0) is 50.3 Å². The van der Waals surface area contributed by atoms with E-state index in [0.717, 1.165) is 37.5 Å². The maximum Gasteiger partial charge on any atom is 0.416 e. The number of benzene rings is 1. The molecule has 1 aliphatic carbocycles. The Hall–Kier alpha value is -1.76. The van der Waals surface area contributed by atoms with Crippen LogP contribution in [0.25, 0.3) is 0 Å². The second-order valence-electron chi connectivity index (χ2n) is 6.58. The molecule has 1 heterocycles. The average molecular weight is 375 g/mol. The predicted octanol–water partition coefficient (Wildman–Crippen LogP) is 4.09. The zero-order valence-corrected chi connectivity index (χ0v) is 14.2. The molecule has 0 bridgehead atoms. The predicted molar refractivity (Wildman–Crippen MR) is 87.2 cm³/mol. The summed E-state index contributed by atoms with van der Waals surface area (Å²) < 4.78 is 38.5. The second-order valence-corrected chi connectivity index (χ2v) is 6.99. The van der Waals surface area contributed by atoms with Gasteiger partial charge in [0.25, 0.3) is 0 Å². The number of carbonyl (C=O) groups excluding carboxylic acids is 2. The zero-order valence-electron chi connectivity index (χ0n) is 13.5. The van der Waals surface area contributed by atoms with Gasteiger partial charge in [-0.25, -0.2) is 0 Å². The van der Waals surface area contributed by atoms with Crippen LogP contribution in [0.3, 0.4) is 0 Å². The van der Waals surface area contributed by atoms with Crippen molar-refractivity contribution in [2.45, 2.75) is 38.3 Å². The van der Waals surface area contributed by atoms with Crippen LogP contribution >= 0.6 is 11.6 Å². The summed E-state index contributed by atoms with van der Waals surface area (Å²) in [5, 5.41) is 2.43. The summed E-state index contributed by atoms with van der Waals surface area (Å²) in [6.07, 6.45) is -0.852. The third-order valence-corrected chi connectivity index (χ3v) is 5.11. The maximum absolute atomic E-state index is 12.8. The summed E-state index contributed by atoms with van der Waals surface area (Å²) in [6, 6.07) is 2.73. The highest BCUT2D eigenvalue weighted by molar-refractivity contribution is 6.34. The van der Waals surface area contributed by atoms with Gasteiger partial charge in [0, 0.05) is 13.1 Å². The van der Waals surface area contributed by atoms with Gasteiger partial charge in [0.05, 0.1) is 16.3 Å². The van der Waals surface area contributed by atoms with E-state index in [2.05, 4.69) is 5.32 Å². The number of carbonyl (C=O) groups is 2. The number of amides is 2. The molecular weight excluding hydrogens is 357 g/mol.